The molecule has 0 spiro atoms. The van der Waals surface area contributed by atoms with E-state index in [4.69, 9.17) is 0 Å². The largest absolute Gasteiger partial charge is 0.418 e. The van der Waals surface area contributed by atoms with E-state index >= 15 is 0 Å². The summed E-state index contributed by atoms with van der Waals surface area (Å²) in [6.45, 7) is 11.1. The fourth-order valence-corrected chi connectivity index (χ4v) is 3.11. The summed E-state index contributed by atoms with van der Waals surface area (Å²) in [7, 11) is 2.03. The molecule has 0 aliphatic carbocycles. The number of rotatable bonds is 1. The molecule has 0 unspecified atom stereocenters. The molecule has 130 valence electrons. The van der Waals surface area contributed by atoms with Crippen LogP contribution in [0.1, 0.15) is 45.7 Å². The van der Waals surface area contributed by atoms with Gasteiger partial charge < -0.3 is 4.90 Å². The van der Waals surface area contributed by atoms with Crippen molar-refractivity contribution in [2.75, 3.05) is 25.0 Å². The average molecular weight is 328 g/mol. The predicted molar refractivity (Wildman–Crippen MR) is 89.0 cm³/mol. The first-order valence-electron chi connectivity index (χ1n) is 8.10. The van der Waals surface area contributed by atoms with Gasteiger partial charge in [-0.2, -0.15) is 13.2 Å². The highest BCUT2D eigenvalue weighted by atomic mass is 19.4. The summed E-state index contributed by atoms with van der Waals surface area (Å²) in [6.07, 6.45) is -4.34. The summed E-state index contributed by atoms with van der Waals surface area (Å²) in [5, 5.41) is 0. The van der Waals surface area contributed by atoms with Crippen molar-refractivity contribution >= 4 is 5.69 Å². The van der Waals surface area contributed by atoms with Gasteiger partial charge in [-0.15, -0.1) is 0 Å². The summed E-state index contributed by atoms with van der Waals surface area (Å²) in [5.74, 6) is 0. The molecule has 1 fully saturated rings. The number of alkyl halides is 3. The number of hydrogen-bond donors (Lipinski definition) is 0. The third-order valence-corrected chi connectivity index (χ3v) is 4.87. The maximum Gasteiger partial charge on any atom is 0.418 e. The first-order valence-corrected chi connectivity index (χ1v) is 8.10. The highest BCUT2D eigenvalue weighted by Crippen LogP contribution is 2.40. The summed E-state index contributed by atoms with van der Waals surface area (Å²) in [4.78, 5) is 4.10. The number of benzene rings is 1. The fraction of sp³-hybridized carbons (Fsp3) is 0.667. The van der Waals surface area contributed by atoms with E-state index in [1.54, 1.807) is 6.07 Å². The van der Waals surface area contributed by atoms with Gasteiger partial charge in [-0.3, -0.25) is 4.90 Å². The Morgan fingerprint density at radius 2 is 1.52 bits per heavy atom. The van der Waals surface area contributed by atoms with E-state index in [0.717, 1.165) is 0 Å². The Kier molecular flexibility index (Phi) is 4.73. The molecule has 1 saturated heterocycles. The highest BCUT2D eigenvalue weighted by molar-refractivity contribution is 5.58. The molecule has 1 heterocycles. The van der Waals surface area contributed by atoms with Gasteiger partial charge in [-0.1, -0.05) is 26.8 Å². The minimum atomic E-state index is -4.34. The molecule has 0 aromatic heterocycles. The Morgan fingerprint density at radius 3 is 1.96 bits per heavy atom. The lowest BCUT2D eigenvalue weighted by molar-refractivity contribution is -0.137. The second-order valence-electron chi connectivity index (χ2n) is 7.75. The molecule has 2 atom stereocenters. The first kappa shape index (κ1) is 18.1. The maximum atomic E-state index is 13.6. The minimum Gasteiger partial charge on any atom is -0.368 e. The SMILES string of the molecule is C[C@@H]1CN(c2ccc(C(C)(C)C)cc2C(F)(F)F)C[C@H](C)N1C. The summed E-state index contributed by atoms with van der Waals surface area (Å²) in [5.41, 5.74) is 0.191. The van der Waals surface area contributed by atoms with Gasteiger partial charge in [0.15, 0.2) is 0 Å². The van der Waals surface area contributed by atoms with E-state index in [2.05, 4.69) is 18.7 Å². The van der Waals surface area contributed by atoms with Crippen molar-refractivity contribution in [1.82, 2.24) is 4.90 Å². The van der Waals surface area contributed by atoms with Crippen molar-refractivity contribution in [2.24, 2.45) is 0 Å². The van der Waals surface area contributed by atoms with Gasteiger partial charge in [0.2, 0.25) is 0 Å². The maximum absolute atomic E-state index is 13.6. The number of likely N-dealkylation sites (N-methyl/N-ethyl adjacent to an activating group) is 1. The van der Waals surface area contributed by atoms with Gasteiger partial charge in [0.05, 0.1) is 5.56 Å². The van der Waals surface area contributed by atoms with Crippen molar-refractivity contribution in [3.63, 3.8) is 0 Å². The Hall–Kier alpha value is -1.23. The summed E-state index contributed by atoms with van der Waals surface area (Å²) >= 11 is 0. The molecule has 5 heteroatoms. The van der Waals surface area contributed by atoms with Crippen LogP contribution in [0, 0.1) is 0 Å². The zero-order chi connectivity index (χ0) is 17.6. The highest BCUT2D eigenvalue weighted by Gasteiger charge is 2.38. The quantitative estimate of drug-likeness (QED) is 0.747. The van der Waals surface area contributed by atoms with Crippen LogP contribution in [0.4, 0.5) is 18.9 Å². The minimum absolute atomic E-state index is 0.224. The van der Waals surface area contributed by atoms with Gasteiger partial charge in [-0.25, -0.2) is 0 Å². The normalized spacial score (nSPS) is 24.1. The lowest BCUT2D eigenvalue weighted by Crippen LogP contribution is -2.55. The van der Waals surface area contributed by atoms with Crippen LogP contribution in [0.5, 0.6) is 0 Å². The smallest absolute Gasteiger partial charge is 0.368 e. The van der Waals surface area contributed by atoms with Crippen molar-refractivity contribution in [3.05, 3.63) is 29.3 Å². The zero-order valence-corrected chi connectivity index (χ0v) is 14.8. The molecule has 0 bridgehead atoms. The Bertz CT molecular complexity index is 548. The number of nitrogens with zero attached hydrogens (tertiary/aromatic N) is 2. The van der Waals surface area contributed by atoms with E-state index in [1.165, 1.54) is 6.07 Å². The third kappa shape index (κ3) is 3.82. The topological polar surface area (TPSA) is 6.48 Å². The van der Waals surface area contributed by atoms with Gasteiger partial charge in [-0.05, 0) is 44.0 Å². The van der Waals surface area contributed by atoms with Crippen molar-refractivity contribution < 1.29 is 13.2 Å². The monoisotopic (exact) mass is 328 g/mol. The molecule has 2 nitrogen and oxygen atoms in total. The molecule has 0 N–H and O–H groups in total. The van der Waals surface area contributed by atoms with E-state index in [-0.39, 0.29) is 17.5 Å². The average Bonchev–Trinajstić information content (AvgIpc) is 2.41. The van der Waals surface area contributed by atoms with Gasteiger partial charge in [0.25, 0.3) is 0 Å². The van der Waals surface area contributed by atoms with Crippen molar-refractivity contribution in [1.29, 1.82) is 0 Å². The van der Waals surface area contributed by atoms with Crippen LogP contribution in [-0.2, 0) is 11.6 Å². The second kappa shape index (κ2) is 6.00. The lowest BCUT2D eigenvalue weighted by Gasteiger charge is -2.44. The van der Waals surface area contributed by atoms with Crippen LogP contribution >= 0.6 is 0 Å². The second-order valence-corrected chi connectivity index (χ2v) is 7.75. The van der Waals surface area contributed by atoms with Crippen LogP contribution in [-0.4, -0.2) is 37.1 Å². The molecule has 1 aliphatic heterocycles. The van der Waals surface area contributed by atoms with Crippen molar-refractivity contribution in [3.8, 4) is 0 Å². The zero-order valence-electron chi connectivity index (χ0n) is 14.8. The number of hydrogen-bond acceptors (Lipinski definition) is 2. The van der Waals surface area contributed by atoms with Crippen molar-refractivity contribution in [2.45, 2.75) is 58.3 Å². The molecule has 0 amide bonds. The van der Waals surface area contributed by atoms with Crippen LogP contribution in [0.15, 0.2) is 18.2 Å². The third-order valence-electron chi connectivity index (χ3n) is 4.87. The molecule has 0 saturated carbocycles. The number of halogens is 3. The Labute approximate surface area is 137 Å². The fourth-order valence-electron chi connectivity index (χ4n) is 3.11. The standard InChI is InChI=1S/C18H27F3N2/c1-12-10-23(11-13(2)22(12)6)16-8-7-14(17(3,4)5)9-15(16)18(19,20)21/h7-9,12-13H,10-11H2,1-6H3/t12-,13+. The summed E-state index contributed by atoms with van der Waals surface area (Å²) in [6, 6.07) is 5.25. The van der Waals surface area contributed by atoms with Gasteiger partial charge in [0, 0.05) is 30.9 Å². The van der Waals surface area contributed by atoms with E-state index < -0.39 is 11.7 Å². The Balaban J connectivity index is 2.46. The number of anilines is 1. The van der Waals surface area contributed by atoms with Crippen LogP contribution in [0.25, 0.3) is 0 Å². The van der Waals surface area contributed by atoms with Crippen LogP contribution in [0.3, 0.4) is 0 Å². The molecular formula is C18H27F3N2. The molecule has 23 heavy (non-hydrogen) atoms. The molecular weight excluding hydrogens is 301 g/mol. The van der Waals surface area contributed by atoms with Crippen LogP contribution < -0.4 is 4.90 Å². The molecule has 1 aliphatic rings. The van der Waals surface area contributed by atoms with E-state index in [0.29, 0.717) is 24.3 Å². The number of piperazine rings is 1. The van der Waals surface area contributed by atoms with Gasteiger partial charge >= 0.3 is 6.18 Å². The summed E-state index contributed by atoms with van der Waals surface area (Å²) < 4.78 is 40.8. The molecule has 1 aromatic carbocycles. The van der Waals surface area contributed by atoms with Crippen LogP contribution in [0.2, 0.25) is 0 Å². The molecule has 1 aromatic rings. The molecule has 0 radical (unpaired) electrons. The Morgan fingerprint density at radius 1 is 1.00 bits per heavy atom. The lowest BCUT2D eigenvalue weighted by atomic mass is 9.85. The van der Waals surface area contributed by atoms with E-state index in [1.807, 2.05) is 38.8 Å². The van der Waals surface area contributed by atoms with E-state index in [9.17, 15) is 13.2 Å². The van der Waals surface area contributed by atoms with Gasteiger partial charge in [0.1, 0.15) is 0 Å². The molecule has 2 rings (SSSR count). The first-order chi connectivity index (χ1) is 10.4. The predicted octanol–water partition coefficient (Wildman–Crippen LogP) is 4.53.